The van der Waals surface area contributed by atoms with E-state index in [1.165, 1.54) is 0 Å². The zero-order valence-electron chi connectivity index (χ0n) is 10.7. The topological polar surface area (TPSA) is 29.4 Å². The summed E-state index contributed by atoms with van der Waals surface area (Å²) < 4.78 is 0. The molecule has 0 saturated heterocycles. The minimum absolute atomic E-state index is 0.254. The number of allylic oxidation sites excluding steroid dienone is 5. The predicted molar refractivity (Wildman–Crippen MR) is 68.2 cm³/mol. The molecule has 0 radical (unpaired) electrons. The lowest BCUT2D eigenvalue weighted by Crippen LogP contribution is -2.17. The van der Waals surface area contributed by atoms with Crippen molar-refractivity contribution in [3.63, 3.8) is 0 Å². The van der Waals surface area contributed by atoms with Crippen LogP contribution >= 0.6 is 0 Å². The second-order valence-electron chi connectivity index (χ2n) is 5.22. The minimum atomic E-state index is -0.254. The smallest absolute Gasteiger partial charge is 0.148 e. The summed E-state index contributed by atoms with van der Waals surface area (Å²) in [5.41, 5.74) is 2.32. The predicted octanol–water partition coefficient (Wildman–Crippen LogP) is 3.34. The number of hydrogen-bond acceptors (Lipinski definition) is 2. The Bertz CT molecular complexity index is 413. The molecule has 1 aliphatic carbocycles. The van der Waals surface area contributed by atoms with Crippen LogP contribution in [0.25, 0.3) is 0 Å². The largest absolute Gasteiger partial charge is 0.245 e. The summed E-state index contributed by atoms with van der Waals surface area (Å²) in [5.74, 6) is 2.22. The maximum Gasteiger partial charge on any atom is 0.148 e. The number of carbonyl (C=O) groups excluding carboxylic acids is 1. The van der Waals surface area contributed by atoms with E-state index in [-0.39, 0.29) is 11.3 Å². The van der Waals surface area contributed by atoms with Gasteiger partial charge in [-0.05, 0) is 12.5 Å². The van der Waals surface area contributed by atoms with E-state index in [0.29, 0.717) is 5.70 Å². The molecule has 0 saturated carbocycles. The highest BCUT2D eigenvalue weighted by Crippen LogP contribution is 2.26. The van der Waals surface area contributed by atoms with E-state index in [1.54, 1.807) is 0 Å². The van der Waals surface area contributed by atoms with Crippen molar-refractivity contribution < 1.29 is 4.79 Å². The summed E-state index contributed by atoms with van der Waals surface area (Å²) in [4.78, 5) is 15.4. The van der Waals surface area contributed by atoms with Gasteiger partial charge in [-0.3, -0.25) is 0 Å². The Kier molecular flexibility index (Phi) is 3.66. The van der Waals surface area contributed by atoms with Gasteiger partial charge in [0.25, 0.3) is 0 Å². The Hall–Kier alpha value is -1.40. The lowest BCUT2D eigenvalue weighted by Gasteiger charge is -2.20. The molecule has 0 bridgehead atoms. The van der Waals surface area contributed by atoms with Crippen LogP contribution in [0.4, 0.5) is 0 Å². The molecule has 0 aromatic rings. The van der Waals surface area contributed by atoms with Crippen molar-refractivity contribution in [1.82, 2.24) is 0 Å². The molecule has 0 aromatic heterocycles. The van der Waals surface area contributed by atoms with Gasteiger partial charge >= 0.3 is 0 Å². The van der Waals surface area contributed by atoms with Gasteiger partial charge in [0.1, 0.15) is 11.6 Å². The zero-order chi connectivity index (χ0) is 12.3. The fourth-order valence-electron chi connectivity index (χ4n) is 1.56. The first-order valence-electron chi connectivity index (χ1n) is 5.56. The van der Waals surface area contributed by atoms with Crippen LogP contribution in [0.15, 0.2) is 34.5 Å². The molecule has 0 spiro atoms. The Morgan fingerprint density at radius 3 is 2.50 bits per heavy atom. The Balaban J connectivity index is 3.14. The number of aliphatic imine (C=N–C) groups is 1. The van der Waals surface area contributed by atoms with Gasteiger partial charge in [-0.15, -0.1) is 0 Å². The van der Waals surface area contributed by atoms with Crippen molar-refractivity contribution in [2.75, 3.05) is 0 Å². The molecule has 2 nitrogen and oxygen atoms in total. The van der Waals surface area contributed by atoms with Crippen molar-refractivity contribution >= 4 is 11.7 Å². The standard InChI is InChI=1S/C14H19NO/c1-10-7-6-8-11(2)13(10)15-12(9-16)14(3,4)5/h6-8,10H,1-5H3. The molecule has 0 fully saturated rings. The molecule has 86 valence electrons. The van der Waals surface area contributed by atoms with Crippen LogP contribution in [0.2, 0.25) is 0 Å². The third-order valence-electron chi connectivity index (χ3n) is 2.62. The van der Waals surface area contributed by atoms with Crippen LogP contribution in [0.3, 0.4) is 0 Å². The van der Waals surface area contributed by atoms with Gasteiger partial charge in [-0.1, -0.05) is 45.9 Å². The first-order valence-corrected chi connectivity index (χ1v) is 5.56. The van der Waals surface area contributed by atoms with Crippen LogP contribution in [0.1, 0.15) is 34.6 Å². The summed E-state index contributed by atoms with van der Waals surface area (Å²) in [6.45, 7) is 10.0. The van der Waals surface area contributed by atoms with E-state index in [1.807, 2.05) is 45.8 Å². The molecule has 1 unspecified atom stereocenters. The van der Waals surface area contributed by atoms with Gasteiger partial charge in [-0.2, -0.15) is 0 Å². The first kappa shape index (κ1) is 12.7. The third-order valence-corrected chi connectivity index (χ3v) is 2.62. The molecule has 0 aliphatic heterocycles. The van der Waals surface area contributed by atoms with Crippen LogP contribution in [0.5, 0.6) is 0 Å². The SMILES string of the molecule is CC1=CC=CC(C)C1=NC(=C=O)C(C)(C)C. The van der Waals surface area contributed by atoms with Crippen molar-refractivity contribution in [3.05, 3.63) is 29.5 Å². The van der Waals surface area contributed by atoms with E-state index in [4.69, 9.17) is 0 Å². The Morgan fingerprint density at radius 1 is 1.44 bits per heavy atom. The highest BCUT2D eigenvalue weighted by Gasteiger charge is 2.21. The van der Waals surface area contributed by atoms with Gasteiger partial charge < -0.3 is 0 Å². The summed E-state index contributed by atoms with van der Waals surface area (Å²) in [6.07, 6.45) is 6.13. The van der Waals surface area contributed by atoms with Crippen molar-refractivity contribution in [2.45, 2.75) is 34.6 Å². The quantitative estimate of drug-likeness (QED) is 0.619. The van der Waals surface area contributed by atoms with E-state index >= 15 is 0 Å². The van der Waals surface area contributed by atoms with Crippen molar-refractivity contribution in [2.24, 2.45) is 16.3 Å². The maximum absolute atomic E-state index is 10.9. The molecule has 0 amide bonds. The number of nitrogens with zero attached hydrogens (tertiary/aromatic N) is 1. The van der Waals surface area contributed by atoms with Crippen molar-refractivity contribution in [1.29, 1.82) is 0 Å². The van der Waals surface area contributed by atoms with Crippen LogP contribution in [-0.4, -0.2) is 11.7 Å². The molecule has 0 aromatic carbocycles. The Morgan fingerprint density at radius 2 is 2.06 bits per heavy atom. The van der Waals surface area contributed by atoms with Crippen LogP contribution in [0, 0.1) is 11.3 Å². The van der Waals surface area contributed by atoms with E-state index in [0.717, 1.165) is 11.3 Å². The fraction of sp³-hybridized carbons (Fsp3) is 0.500. The molecular weight excluding hydrogens is 198 g/mol. The van der Waals surface area contributed by atoms with Crippen LogP contribution < -0.4 is 0 Å². The van der Waals surface area contributed by atoms with Crippen LogP contribution in [-0.2, 0) is 4.79 Å². The lowest BCUT2D eigenvalue weighted by atomic mass is 9.90. The summed E-state index contributed by atoms with van der Waals surface area (Å²) >= 11 is 0. The fourth-order valence-corrected chi connectivity index (χ4v) is 1.56. The summed E-state index contributed by atoms with van der Waals surface area (Å²) in [7, 11) is 0. The Labute approximate surface area is 97.5 Å². The molecule has 1 rings (SSSR count). The van der Waals surface area contributed by atoms with Crippen molar-refractivity contribution in [3.8, 4) is 0 Å². The van der Waals surface area contributed by atoms with Gasteiger partial charge in [0.05, 0.1) is 5.71 Å². The molecule has 1 atom stereocenters. The van der Waals surface area contributed by atoms with Gasteiger partial charge in [0.2, 0.25) is 0 Å². The molecule has 0 N–H and O–H groups in total. The first-order chi connectivity index (χ1) is 7.36. The zero-order valence-corrected chi connectivity index (χ0v) is 10.7. The average Bonchev–Trinajstić information content (AvgIpc) is 2.15. The van der Waals surface area contributed by atoms with Gasteiger partial charge in [0.15, 0.2) is 0 Å². The van der Waals surface area contributed by atoms with E-state index in [9.17, 15) is 4.79 Å². The lowest BCUT2D eigenvalue weighted by molar-refractivity contribution is 0.491. The number of rotatable bonds is 1. The highest BCUT2D eigenvalue weighted by molar-refractivity contribution is 6.04. The molecule has 2 heteroatoms. The molecule has 1 aliphatic rings. The monoisotopic (exact) mass is 217 g/mol. The molecular formula is C14H19NO. The van der Waals surface area contributed by atoms with E-state index in [2.05, 4.69) is 18.0 Å². The normalized spacial score (nSPS) is 22.9. The van der Waals surface area contributed by atoms with Gasteiger partial charge in [0, 0.05) is 11.3 Å². The average molecular weight is 217 g/mol. The number of hydrogen-bond donors (Lipinski definition) is 0. The molecule has 16 heavy (non-hydrogen) atoms. The van der Waals surface area contributed by atoms with Gasteiger partial charge in [-0.25, -0.2) is 9.79 Å². The molecule has 0 heterocycles. The van der Waals surface area contributed by atoms with E-state index < -0.39 is 0 Å². The summed E-state index contributed by atoms with van der Waals surface area (Å²) in [6, 6.07) is 0. The highest BCUT2D eigenvalue weighted by atomic mass is 16.1. The minimum Gasteiger partial charge on any atom is -0.245 e. The summed E-state index contributed by atoms with van der Waals surface area (Å²) in [5, 5.41) is 0. The third kappa shape index (κ3) is 2.80. The second-order valence-corrected chi connectivity index (χ2v) is 5.22. The maximum atomic E-state index is 10.9. The second kappa shape index (κ2) is 4.63.